The summed E-state index contributed by atoms with van der Waals surface area (Å²) in [6.45, 7) is 9.07. The molecule has 0 spiro atoms. The zero-order chi connectivity index (χ0) is 18.0. The maximum Gasteiger partial charge on any atom is 0.322 e. The Labute approximate surface area is 149 Å². The van der Waals surface area contributed by atoms with E-state index in [-0.39, 0.29) is 12.1 Å². The van der Waals surface area contributed by atoms with Crippen LogP contribution in [0.2, 0.25) is 0 Å². The first-order valence-electron chi connectivity index (χ1n) is 9.05. The number of benzene rings is 1. The predicted octanol–water partition coefficient (Wildman–Crippen LogP) is 5.00. The lowest BCUT2D eigenvalue weighted by atomic mass is 10.1. The van der Waals surface area contributed by atoms with E-state index in [0.29, 0.717) is 11.8 Å². The van der Waals surface area contributed by atoms with E-state index in [2.05, 4.69) is 24.1 Å². The topological polar surface area (TPSA) is 58.4 Å². The molecule has 134 valence electrons. The third kappa shape index (κ3) is 4.03. The lowest BCUT2D eigenvalue weighted by Crippen LogP contribution is -2.42. The van der Waals surface area contributed by atoms with Gasteiger partial charge in [0.25, 0.3) is 0 Å². The minimum absolute atomic E-state index is 0.0281. The first-order chi connectivity index (χ1) is 11.9. The zero-order valence-corrected chi connectivity index (χ0v) is 15.5. The molecule has 5 nitrogen and oxygen atoms in total. The van der Waals surface area contributed by atoms with Crippen molar-refractivity contribution >= 4 is 11.7 Å². The molecular weight excluding hydrogens is 314 g/mol. The van der Waals surface area contributed by atoms with Crippen LogP contribution in [0.3, 0.4) is 0 Å². The monoisotopic (exact) mass is 341 g/mol. The summed E-state index contributed by atoms with van der Waals surface area (Å²) in [6, 6.07) is 6.09. The largest absolute Gasteiger partial charge is 0.444 e. The Kier molecular flexibility index (Phi) is 5.11. The van der Waals surface area contributed by atoms with Crippen molar-refractivity contribution < 1.29 is 9.21 Å². The molecule has 1 aliphatic rings. The number of aryl methyl sites for hydroxylation is 2. The van der Waals surface area contributed by atoms with Gasteiger partial charge in [-0.25, -0.2) is 9.78 Å². The number of amides is 2. The molecule has 0 aliphatic carbocycles. The molecule has 1 N–H and O–H groups in total. The van der Waals surface area contributed by atoms with Gasteiger partial charge in [0.05, 0.1) is 5.69 Å². The Morgan fingerprint density at radius 2 is 2.08 bits per heavy atom. The maximum absolute atomic E-state index is 12.8. The number of rotatable bonds is 2. The molecule has 1 aromatic carbocycles. The molecule has 1 aromatic heterocycles. The first kappa shape index (κ1) is 17.5. The van der Waals surface area contributed by atoms with E-state index in [1.54, 1.807) is 6.26 Å². The Hall–Kier alpha value is -2.30. The van der Waals surface area contributed by atoms with E-state index >= 15 is 0 Å². The molecule has 5 heteroatoms. The second-order valence-corrected chi connectivity index (χ2v) is 7.29. The van der Waals surface area contributed by atoms with Gasteiger partial charge in [-0.3, -0.25) is 0 Å². The predicted molar refractivity (Wildman–Crippen MR) is 99.6 cm³/mol. The Bertz CT molecular complexity index is 753. The van der Waals surface area contributed by atoms with Crippen molar-refractivity contribution in [3.8, 4) is 11.5 Å². The van der Waals surface area contributed by atoms with Crippen molar-refractivity contribution in [2.75, 3.05) is 11.9 Å². The normalized spacial score (nSPS) is 21.0. The average Bonchev–Trinajstić information content (AvgIpc) is 2.92. The summed E-state index contributed by atoms with van der Waals surface area (Å²) in [6.07, 6.45) is 5.07. The lowest BCUT2D eigenvalue weighted by molar-refractivity contribution is 0.187. The molecule has 2 aromatic rings. The lowest BCUT2D eigenvalue weighted by Gasteiger charge is -2.29. The maximum atomic E-state index is 12.8. The summed E-state index contributed by atoms with van der Waals surface area (Å²) < 4.78 is 5.52. The van der Waals surface area contributed by atoms with Crippen LogP contribution in [-0.4, -0.2) is 28.5 Å². The molecule has 0 radical (unpaired) electrons. The van der Waals surface area contributed by atoms with Gasteiger partial charge in [-0.05, 0) is 57.2 Å². The fourth-order valence-corrected chi connectivity index (χ4v) is 3.41. The minimum Gasteiger partial charge on any atom is -0.444 e. The molecule has 2 unspecified atom stereocenters. The van der Waals surface area contributed by atoms with Crippen LogP contribution in [0.5, 0.6) is 0 Å². The van der Waals surface area contributed by atoms with E-state index in [1.807, 2.05) is 36.9 Å². The van der Waals surface area contributed by atoms with Crippen molar-refractivity contribution in [3.63, 3.8) is 0 Å². The van der Waals surface area contributed by atoms with E-state index in [1.165, 1.54) is 12.8 Å². The van der Waals surface area contributed by atoms with E-state index < -0.39 is 0 Å². The van der Waals surface area contributed by atoms with Crippen molar-refractivity contribution in [2.45, 2.75) is 53.0 Å². The van der Waals surface area contributed by atoms with Crippen molar-refractivity contribution in [1.82, 2.24) is 9.88 Å². The summed E-state index contributed by atoms with van der Waals surface area (Å²) in [4.78, 5) is 19.2. The fraction of sp³-hybridized carbons (Fsp3) is 0.500. The highest BCUT2D eigenvalue weighted by atomic mass is 16.3. The van der Waals surface area contributed by atoms with E-state index in [4.69, 9.17) is 4.42 Å². The second-order valence-electron chi connectivity index (χ2n) is 7.29. The van der Waals surface area contributed by atoms with Crippen LogP contribution in [0.1, 0.15) is 44.4 Å². The Morgan fingerprint density at radius 3 is 2.80 bits per heavy atom. The number of aromatic nitrogens is 1. The van der Waals surface area contributed by atoms with Gasteiger partial charge in [0.2, 0.25) is 5.89 Å². The van der Waals surface area contributed by atoms with Gasteiger partial charge in [-0.2, -0.15) is 0 Å². The number of anilines is 1. The van der Waals surface area contributed by atoms with Crippen LogP contribution >= 0.6 is 0 Å². The summed E-state index contributed by atoms with van der Waals surface area (Å²) in [7, 11) is 0. The van der Waals surface area contributed by atoms with Crippen LogP contribution in [0.15, 0.2) is 28.9 Å². The fourth-order valence-electron chi connectivity index (χ4n) is 3.41. The third-order valence-electron chi connectivity index (χ3n) is 4.96. The van der Waals surface area contributed by atoms with Crippen LogP contribution in [-0.2, 0) is 0 Å². The smallest absolute Gasteiger partial charge is 0.322 e. The number of carbonyl (C=O) groups is 1. The Balaban J connectivity index is 1.79. The van der Waals surface area contributed by atoms with Crippen molar-refractivity contribution in [3.05, 3.63) is 35.7 Å². The van der Waals surface area contributed by atoms with Crippen LogP contribution < -0.4 is 5.32 Å². The Morgan fingerprint density at radius 1 is 1.28 bits per heavy atom. The molecule has 25 heavy (non-hydrogen) atoms. The summed E-state index contributed by atoms with van der Waals surface area (Å²) in [5.74, 6) is 1.13. The molecule has 1 aliphatic heterocycles. The molecule has 2 atom stereocenters. The summed E-state index contributed by atoms with van der Waals surface area (Å²) >= 11 is 0. The first-order valence-corrected chi connectivity index (χ1v) is 9.05. The van der Waals surface area contributed by atoms with Gasteiger partial charge in [0.15, 0.2) is 0 Å². The SMILES string of the molecule is Cc1coc(-c2cc(NC(=O)N3CC(C)CCCC3C)ccc2C)n1. The highest BCUT2D eigenvalue weighted by molar-refractivity contribution is 5.90. The molecule has 1 fully saturated rings. The number of likely N-dealkylation sites (tertiary alicyclic amines) is 1. The number of nitrogens with zero attached hydrogens (tertiary/aromatic N) is 2. The number of nitrogens with one attached hydrogen (secondary N) is 1. The van der Waals surface area contributed by atoms with Crippen LogP contribution in [0.25, 0.3) is 11.5 Å². The second kappa shape index (κ2) is 7.30. The molecule has 1 saturated heterocycles. The van der Waals surface area contributed by atoms with Crippen LogP contribution in [0.4, 0.5) is 10.5 Å². The minimum atomic E-state index is -0.0281. The van der Waals surface area contributed by atoms with Gasteiger partial charge in [-0.1, -0.05) is 19.4 Å². The van der Waals surface area contributed by atoms with E-state index in [0.717, 1.165) is 35.5 Å². The molecule has 2 heterocycles. The molecular formula is C20H27N3O2. The van der Waals surface area contributed by atoms with Gasteiger partial charge in [-0.15, -0.1) is 0 Å². The molecule has 3 rings (SSSR count). The van der Waals surface area contributed by atoms with E-state index in [9.17, 15) is 4.79 Å². The zero-order valence-electron chi connectivity index (χ0n) is 15.5. The van der Waals surface area contributed by atoms with Crippen molar-refractivity contribution in [1.29, 1.82) is 0 Å². The summed E-state index contributed by atoms with van der Waals surface area (Å²) in [5.41, 5.74) is 3.58. The standard InChI is InChI=1S/C20H27N3O2/c1-13-6-5-7-16(4)23(11-13)20(24)22-17-9-8-14(2)18(10-17)19-21-15(3)12-25-19/h8-10,12-13,16H,5-7,11H2,1-4H3,(H,22,24). The summed E-state index contributed by atoms with van der Waals surface area (Å²) in [5, 5.41) is 3.05. The number of urea groups is 1. The van der Waals surface area contributed by atoms with Gasteiger partial charge >= 0.3 is 6.03 Å². The van der Waals surface area contributed by atoms with Crippen molar-refractivity contribution in [2.24, 2.45) is 5.92 Å². The molecule has 0 bridgehead atoms. The highest BCUT2D eigenvalue weighted by Crippen LogP contribution is 2.27. The van der Waals surface area contributed by atoms with Crippen LogP contribution in [0, 0.1) is 19.8 Å². The number of hydrogen-bond acceptors (Lipinski definition) is 3. The number of hydrogen-bond donors (Lipinski definition) is 1. The number of carbonyl (C=O) groups excluding carboxylic acids is 1. The van der Waals surface area contributed by atoms with Gasteiger partial charge in [0.1, 0.15) is 6.26 Å². The highest BCUT2D eigenvalue weighted by Gasteiger charge is 2.25. The third-order valence-corrected chi connectivity index (χ3v) is 4.96. The molecule has 0 saturated carbocycles. The number of oxazole rings is 1. The quantitative estimate of drug-likeness (QED) is 0.836. The van der Waals surface area contributed by atoms with Gasteiger partial charge < -0.3 is 14.6 Å². The van der Waals surface area contributed by atoms with Gasteiger partial charge in [0, 0.05) is 23.8 Å². The molecule has 2 amide bonds. The average molecular weight is 341 g/mol.